The van der Waals surface area contributed by atoms with Gasteiger partial charge in [-0.05, 0) is 34.6 Å². The molecule has 4 fully saturated rings. The number of amides is 4. The number of rotatable bonds is 21. The molecular weight excluding hydrogens is 1080 g/mol. The van der Waals surface area contributed by atoms with Crippen LogP contribution in [0.15, 0.2) is 121 Å². The van der Waals surface area contributed by atoms with Crippen LogP contribution < -0.4 is 21.3 Å². The highest BCUT2D eigenvalue weighted by atomic mass is 16.8. The van der Waals surface area contributed by atoms with Crippen LogP contribution in [-0.4, -0.2) is 195 Å². The monoisotopic (exact) mass is 1150 g/mol. The van der Waals surface area contributed by atoms with E-state index in [1.54, 1.807) is 128 Å². The van der Waals surface area contributed by atoms with Crippen molar-refractivity contribution in [2.24, 2.45) is 5.92 Å². The van der Waals surface area contributed by atoms with Crippen molar-refractivity contribution in [1.82, 2.24) is 21.3 Å². The van der Waals surface area contributed by atoms with Crippen LogP contribution in [0.5, 0.6) is 0 Å². The highest BCUT2D eigenvalue weighted by Crippen LogP contribution is 2.37. The summed E-state index contributed by atoms with van der Waals surface area (Å²) in [6.07, 6.45) is -29.5. The maximum atomic E-state index is 13.3. The Bertz CT molecular complexity index is 2620. The molecule has 4 aromatic carbocycles. The Morgan fingerprint density at radius 3 is 1.27 bits per heavy atom. The molecule has 0 bridgehead atoms. The Kier molecular flexibility index (Phi) is 22.2. The molecule has 82 heavy (non-hydrogen) atoms. The molecule has 12 N–H and O–H groups in total. The van der Waals surface area contributed by atoms with E-state index in [4.69, 9.17) is 47.4 Å². The fourth-order valence-electron chi connectivity index (χ4n) is 9.93. The van der Waals surface area contributed by atoms with Gasteiger partial charge in [0.05, 0.1) is 25.4 Å². The van der Waals surface area contributed by atoms with E-state index in [-0.39, 0.29) is 32.8 Å². The topological polar surface area (TPSA) is 371 Å². The number of ether oxygens (including phenoxy) is 10. The number of alkyl carbamates (subject to hydrolysis) is 4. The largest absolute Gasteiger partial charge is 0.445 e. The van der Waals surface area contributed by atoms with Gasteiger partial charge in [-0.25, -0.2) is 19.2 Å². The van der Waals surface area contributed by atoms with Gasteiger partial charge in [-0.1, -0.05) is 128 Å². The maximum absolute atomic E-state index is 13.3. The Hall–Kier alpha value is -6.60. The lowest BCUT2D eigenvalue weighted by atomic mass is 9.80. The number of benzene rings is 4. The van der Waals surface area contributed by atoms with Crippen molar-refractivity contribution in [3.63, 3.8) is 0 Å². The molecular formula is C56H70N4O22. The average Bonchev–Trinajstić information content (AvgIpc) is 4.00. The lowest BCUT2D eigenvalue weighted by Gasteiger charge is -2.48. The minimum absolute atomic E-state index is 0.0418. The van der Waals surface area contributed by atoms with Gasteiger partial charge in [-0.3, -0.25) is 0 Å². The van der Waals surface area contributed by atoms with Crippen LogP contribution in [0.1, 0.15) is 35.6 Å². The van der Waals surface area contributed by atoms with E-state index in [0.29, 0.717) is 22.3 Å². The van der Waals surface area contributed by atoms with Crippen molar-refractivity contribution in [2.45, 2.75) is 150 Å². The smallest absolute Gasteiger partial charge is 0.407 e. The first kappa shape index (κ1) is 61.5. The number of nitrogens with one attached hydrogen (secondary N) is 4. The predicted octanol–water partition coefficient (Wildman–Crippen LogP) is 0.318. The molecule has 3 heterocycles. The molecule has 19 atom stereocenters. The summed E-state index contributed by atoms with van der Waals surface area (Å²) in [7, 11) is 0. The zero-order valence-electron chi connectivity index (χ0n) is 44.5. The molecule has 4 aromatic rings. The zero-order chi connectivity index (χ0) is 58.3. The minimum atomic E-state index is -1.94. The molecule has 0 unspecified atom stereocenters. The number of hydrogen-bond donors (Lipinski definition) is 12. The Morgan fingerprint density at radius 1 is 0.439 bits per heavy atom. The first-order valence-electron chi connectivity index (χ1n) is 26.7. The zero-order valence-corrected chi connectivity index (χ0v) is 44.5. The number of aliphatic hydroxyl groups excluding tert-OH is 8. The van der Waals surface area contributed by atoms with Crippen LogP contribution >= 0.6 is 0 Å². The maximum Gasteiger partial charge on any atom is 0.407 e. The van der Waals surface area contributed by atoms with Crippen molar-refractivity contribution < 1.29 is 107 Å². The second kappa shape index (κ2) is 29.6. The van der Waals surface area contributed by atoms with E-state index in [1.807, 2.05) is 0 Å². The summed E-state index contributed by atoms with van der Waals surface area (Å²) in [4.78, 5) is 52.7. The highest BCUT2D eigenvalue weighted by molar-refractivity contribution is 5.69. The molecule has 4 aliphatic rings. The third-order valence-corrected chi connectivity index (χ3v) is 14.4. The summed E-state index contributed by atoms with van der Waals surface area (Å²) < 4.78 is 58.8. The van der Waals surface area contributed by atoms with Crippen molar-refractivity contribution in [3.05, 3.63) is 144 Å². The van der Waals surface area contributed by atoms with Gasteiger partial charge in [-0.2, -0.15) is 0 Å². The van der Waals surface area contributed by atoms with Gasteiger partial charge in [0.2, 0.25) is 0 Å². The second-order valence-electron chi connectivity index (χ2n) is 20.2. The summed E-state index contributed by atoms with van der Waals surface area (Å²) in [5.41, 5.74) is 2.59. The minimum Gasteiger partial charge on any atom is -0.445 e. The van der Waals surface area contributed by atoms with E-state index in [0.717, 1.165) is 0 Å². The molecule has 0 radical (unpaired) electrons. The van der Waals surface area contributed by atoms with Gasteiger partial charge in [-0.15, -0.1) is 0 Å². The van der Waals surface area contributed by atoms with E-state index in [9.17, 15) is 60.0 Å². The van der Waals surface area contributed by atoms with Crippen molar-refractivity contribution in [3.8, 4) is 0 Å². The SMILES string of the molecule is C[C@H]1C[C@@H](NC(=O)OCc2ccccc2)[C@H](O)[C@@H](O[C@@H]2O[C@H](CO)[C@@H](O[C@H]3O[C@@H](CNC(=O)OCc4ccccc4)[C@@H](O)[C@H](O)[C@H]3NC(=O)OCc3ccccc3)[C@H]2O)[C@@H]1O[C@H]1O[C@H](CO)[C@@H](O)[C@H](O)[C@H]1NC(=O)OCc1ccccc1. The van der Waals surface area contributed by atoms with Gasteiger partial charge in [0.1, 0.15) is 106 Å². The quantitative estimate of drug-likeness (QED) is 0.0500. The number of hydrogen-bond acceptors (Lipinski definition) is 22. The fourth-order valence-corrected chi connectivity index (χ4v) is 9.93. The summed E-state index contributed by atoms with van der Waals surface area (Å²) in [5, 5.41) is 101. The Balaban J connectivity index is 1.02. The molecule has 26 heteroatoms. The molecule has 3 saturated heterocycles. The molecule has 4 amide bonds. The lowest BCUT2D eigenvalue weighted by molar-refractivity contribution is -0.318. The lowest BCUT2D eigenvalue weighted by Crippen LogP contribution is -2.67. The summed E-state index contributed by atoms with van der Waals surface area (Å²) in [6, 6.07) is 30.4. The Morgan fingerprint density at radius 2 is 0.817 bits per heavy atom. The van der Waals surface area contributed by atoms with Crippen molar-refractivity contribution in [2.75, 3.05) is 19.8 Å². The van der Waals surface area contributed by atoms with E-state index < -0.39 is 160 Å². The van der Waals surface area contributed by atoms with Gasteiger partial charge in [0, 0.05) is 6.54 Å². The molecule has 1 saturated carbocycles. The van der Waals surface area contributed by atoms with Gasteiger partial charge in [0.25, 0.3) is 0 Å². The molecule has 8 rings (SSSR count). The van der Waals surface area contributed by atoms with Gasteiger partial charge >= 0.3 is 24.4 Å². The van der Waals surface area contributed by atoms with Crippen LogP contribution in [0.2, 0.25) is 0 Å². The first-order valence-corrected chi connectivity index (χ1v) is 26.7. The third kappa shape index (κ3) is 16.1. The first-order chi connectivity index (χ1) is 39.6. The second-order valence-corrected chi connectivity index (χ2v) is 20.2. The molecule has 446 valence electrons. The number of aliphatic hydroxyl groups is 8. The van der Waals surface area contributed by atoms with Gasteiger partial charge < -0.3 is 109 Å². The molecule has 0 aromatic heterocycles. The molecule has 26 nitrogen and oxygen atoms in total. The van der Waals surface area contributed by atoms with Crippen molar-refractivity contribution in [1.29, 1.82) is 0 Å². The standard InChI is InChI=1S/C56H70N4O22/c1-30-22-35(58-54(70)74-27-32-16-8-3-9-17-32)41(63)49(47(30)80-51-40(45(67)43(65)37(24-61)78-51)60-56(72)76-29-34-20-12-5-13-21-34)82-52-46(68)48(38(25-62)79-52)81-50-39(59-55(71)75-28-33-18-10-4-11-19-33)44(66)42(64)36(77-50)23-57-53(69)73-26-31-14-6-2-7-15-31/h2-21,30,35-52,61-68H,22-29H2,1H3,(H,57,69)(H,58,70)(H,59,71)(H,60,72)/t30-,35+,36-,37+,38+,39+,40+,41-,42+,43+,44+,45+,46+,47+,48+,49+,50+,51+,52-/m0/s1. The average molecular weight is 1150 g/mol. The third-order valence-electron chi connectivity index (χ3n) is 14.4. The van der Waals surface area contributed by atoms with E-state index >= 15 is 0 Å². The summed E-state index contributed by atoms with van der Waals surface area (Å²) in [6.45, 7) is -1.15. The van der Waals surface area contributed by atoms with Crippen LogP contribution in [0.3, 0.4) is 0 Å². The molecule has 3 aliphatic heterocycles. The number of carbonyl (C=O) groups excluding carboxylic acids is 4. The predicted molar refractivity (Wildman–Crippen MR) is 280 cm³/mol. The van der Waals surface area contributed by atoms with Crippen LogP contribution in [-0.2, 0) is 73.8 Å². The normalized spacial score (nSPS) is 32.6. The van der Waals surface area contributed by atoms with Crippen LogP contribution in [0, 0.1) is 5.92 Å². The van der Waals surface area contributed by atoms with Crippen LogP contribution in [0.4, 0.5) is 19.2 Å². The fraction of sp³-hybridized carbons (Fsp3) is 0.500. The van der Waals surface area contributed by atoms with Crippen LogP contribution in [0.25, 0.3) is 0 Å². The Labute approximate surface area is 471 Å². The number of carbonyl (C=O) groups is 4. The van der Waals surface area contributed by atoms with Gasteiger partial charge in [0.15, 0.2) is 18.9 Å². The summed E-state index contributed by atoms with van der Waals surface area (Å²) >= 11 is 0. The molecule has 1 aliphatic carbocycles. The van der Waals surface area contributed by atoms with E-state index in [1.165, 1.54) is 0 Å². The molecule has 0 spiro atoms. The van der Waals surface area contributed by atoms with E-state index in [2.05, 4.69) is 21.3 Å². The van der Waals surface area contributed by atoms with Crippen molar-refractivity contribution >= 4 is 24.4 Å². The summed E-state index contributed by atoms with van der Waals surface area (Å²) in [5.74, 6) is -0.767. The highest BCUT2D eigenvalue weighted by Gasteiger charge is 2.56.